The maximum absolute atomic E-state index is 12.1. The molecule has 3 aliphatic rings. The first kappa shape index (κ1) is 13.0. The van der Waals surface area contributed by atoms with E-state index in [1.165, 1.54) is 0 Å². The molecule has 3 fully saturated rings. The van der Waals surface area contributed by atoms with Gasteiger partial charge < -0.3 is 14.5 Å². The van der Waals surface area contributed by atoms with Crippen molar-refractivity contribution in [3.63, 3.8) is 0 Å². The Morgan fingerprint density at radius 2 is 2.00 bits per heavy atom. The van der Waals surface area contributed by atoms with Gasteiger partial charge in [-0.25, -0.2) is 9.97 Å². The minimum absolute atomic E-state index is 0.101. The van der Waals surface area contributed by atoms with Crippen molar-refractivity contribution >= 4 is 11.9 Å². The van der Waals surface area contributed by atoms with Gasteiger partial charge in [0.2, 0.25) is 11.9 Å². The topological polar surface area (TPSA) is 58.6 Å². The molecule has 3 atom stereocenters. The number of ether oxygens (including phenoxy) is 1. The van der Waals surface area contributed by atoms with Crippen molar-refractivity contribution in [3.8, 4) is 0 Å². The number of fused-ring (bicyclic) bond motifs is 1. The summed E-state index contributed by atoms with van der Waals surface area (Å²) in [6, 6.07) is 2.27. The third-order valence-corrected chi connectivity index (χ3v) is 4.82. The lowest BCUT2D eigenvalue weighted by atomic mass is 10.0. The Labute approximate surface area is 124 Å². The van der Waals surface area contributed by atoms with Crippen molar-refractivity contribution < 1.29 is 9.53 Å². The Morgan fingerprint density at radius 3 is 2.76 bits per heavy atom. The second kappa shape index (κ2) is 5.26. The summed E-state index contributed by atoms with van der Waals surface area (Å²) in [5.41, 5.74) is 0. The van der Waals surface area contributed by atoms with E-state index in [0.29, 0.717) is 12.5 Å². The van der Waals surface area contributed by atoms with E-state index in [1.54, 1.807) is 12.4 Å². The Balaban J connectivity index is 1.63. The molecule has 4 heterocycles. The maximum Gasteiger partial charge on any atom is 0.225 e. The van der Waals surface area contributed by atoms with Crippen LogP contribution in [0.25, 0.3) is 0 Å². The smallest absolute Gasteiger partial charge is 0.225 e. The molecule has 3 saturated heterocycles. The highest BCUT2D eigenvalue weighted by atomic mass is 16.5. The highest BCUT2D eigenvalue weighted by molar-refractivity contribution is 5.78. The van der Waals surface area contributed by atoms with Gasteiger partial charge in [0.1, 0.15) is 0 Å². The summed E-state index contributed by atoms with van der Waals surface area (Å²) < 4.78 is 6.04. The van der Waals surface area contributed by atoms with Crippen LogP contribution >= 0.6 is 0 Å². The molecule has 0 aromatic carbocycles. The normalized spacial score (nSPS) is 32.6. The molecule has 0 N–H and O–H groups in total. The van der Waals surface area contributed by atoms with Crippen LogP contribution in [-0.2, 0) is 9.53 Å². The monoisotopic (exact) mass is 288 g/mol. The van der Waals surface area contributed by atoms with E-state index in [4.69, 9.17) is 4.74 Å². The van der Waals surface area contributed by atoms with Crippen LogP contribution in [0.1, 0.15) is 25.7 Å². The summed E-state index contributed by atoms with van der Waals surface area (Å²) in [5, 5.41) is 0. The fraction of sp³-hybridized carbons (Fsp3) is 0.667. The molecule has 0 aliphatic carbocycles. The lowest BCUT2D eigenvalue weighted by Crippen LogP contribution is -2.48. The van der Waals surface area contributed by atoms with E-state index in [-0.39, 0.29) is 18.1 Å². The van der Waals surface area contributed by atoms with Crippen molar-refractivity contribution in [1.82, 2.24) is 14.9 Å². The van der Waals surface area contributed by atoms with Gasteiger partial charge in [0, 0.05) is 38.5 Å². The molecule has 0 spiro atoms. The summed E-state index contributed by atoms with van der Waals surface area (Å²) in [5.74, 6) is 1.02. The molecule has 0 saturated carbocycles. The molecule has 21 heavy (non-hydrogen) atoms. The molecule has 3 aliphatic heterocycles. The number of nitrogens with zero attached hydrogens (tertiary/aromatic N) is 4. The molecule has 1 amide bonds. The molecule has 1 aromatic heterocycles. The average Bonchev–Trinajstić information content (AvgIpc) is 3.11. The fourth-order valence-corrected chi connectivity index (χ4v) is 3.89. The number of aromatic nitrogens is 2. The Bertz CT molecular complexity index is 524. The number of rotatable bonds is 2. The average molecular weight is 288 g/mol. The van der Waals surface area contributed by atoms with Gasteiger partial charge in [0.05, 0.1) is 18.2 Å². The number of likely N-dealkylation sites (tertiary alicyclic amines) is 1. The van der Waals surface area contributed by atoms with Crippen molar-refractivity contribution in [2.75, 3.05) is 24.6 Å². The maximum atomic E-state index is 12.1. The van der Waals surface area contributed by atoms with Crippen LogP contribution in [0.3, 0.4) is 0 Å². The van der Waals surface area contributed by atoms with Gasteiger partial charge in [-0.15, -0.1) is 0 Å². The minimum atomic E-state index is 0.101. The molecule has 1 aromatic rings. The predicted molar refractivity (Wildman–Crippen MR) is 76.9 cm³/mol. The summed E-state index contributed by atoms with van der Waals surface area (Å²) >= 11 is 0. The molecule has 0 unspecified atom stereocenters. The molecule has 112 valence electrons. The van der Waals surface area contributed by atoms with E-state index in [1.807, 2.05) is 11.0 Å². The third kappa shape index (κ3) is 2.18. The molecule has 6 heteroatoms. The predicted octanol–water partition coefficient (Wildman–Crippen LogP) is 0.835. The number of hydrogen-bond acceptors (Lipinski definition) is 5. The standard InChI is InChI=1S/C15H20N4O2/c20-13-5-1-8-18(13)12-10-19(15-16-6-3-7-17-15)11-4-2-9-21-14(11)12/h3,6-7,11-12,14H,1-2,4-5,8-10H2/t11-,12-,14+/m1/s1. The van der Waals surface area contributed by atoms with E-state index in [2.05, 4.69) is 14.9 Å². The number of anilines is 1. The zero-order valence-corrected chi connectivity index (χ0v) is 12.0. The fourth-order valence-electron chi connectivity index (χ4n) is 3.89. The second-order valence-electron chi connectivity index (χ2n) is 6.00. The van der Waals surface area contributed by atoms with Crippen molar-refractivity contribution in [3.05, 3.63) is 18.5 Å². The zero-order valence-electron chi connectivity index (χ0n) is 12.0. The van der Waals surface area contributed by atoms with Crippen molar-refractivity contribution in [2.24, 2.45) is 0 Å². The van der Waals surface area contributed by atoms with Crippen LogP contribution in [0.15, 0.2) is 18.5 Å². The largest absolute Gasteiger partial charge is 0.374 e. The van der Waals surface area contributed by atoms with Gasteiger partial charge in [-0.3, -0.25) is 4.79 Å². The second-order valence-corrected chi connectivity index (χ2v) is 6.00. The number of amides is 1. The quantitative estimate of drug-likeness (QED) is 0.807. The van der Waals surface area contributed by atoms with Crippen LogP contribution in [0.2, 0.25) is 0 Å². The first-order valence-corrected chi connectivity index (χ1v) is 7.79. The molecular formula is C15H20N4O2. The molecule has 6 nitrogen and oxygen atoms in total. The van der Waals surface area contributed by atoms with Crippen LogP contribution < -0.4 is 4.90 Å². The highest BCUT2D eigenvalue weighted by Gasteiger charge is 2.49. The lowest BCUT2D eigenvalue weighted by molar-refractivity contribution is -0.132. The van der Waals surface area contributed by atoms with Gasteiger partial charge in [0.15, 0.2) is 0 Å². The van der Waals surface area contributed by atoms with Crippen molar-refractivity contribution in [2.45, 2.75) is 43.9 Å². The Kier molecular flexibility index (Phi) is 3.25. The van der Waals surface area contributed by atoms with Crippen LogP contribution in [0, 0.1) is 0 Å². The zero-order chi connectivity index (χ0) is 14.2. The number of carbonyl (C=O) groups excluding carboxylic acids is 1. The van der Waals surface area contributed by atoms with E-state index in [9.17, 15) is 4.79 Å². The first-order valence-electron chi connectivity index (χ1n) is 7.79. The van der Waals surface area contributed by atoms with Gasteiger partial charge in [-0.2, -0.15) is 0 Å². The summed E-state index contributed by atoms with van der Waals surface area (Å²) in [4.78, 5) is 25.1. The van der Waals surface area contributed by atoms with Crippen LogP contribution in [0.5, 0.6) is 0 Å². The molecule has 0 bridgehead atoms. The number of hydrogen-bond donors (Lipinski definition) is 0. The Morgan fingerprint density at radius 1 is 1.14 bits per heavy atom. The lowest BCUT2D eigenvalue weighted by Gasteiger charge is -2.34. The van der Waals surface area contributed by atoms with E-state index >= 15 is 0 Å². The van der Waals surface area contributed by atoms with Crippen LogP contribution in [-0.4, -0.2) is 58.7 Å². The summed E-state index contributed by atoms with van der Waals surface area (Å²) in [6.07, 6.45) is 7.44. The van der Waals surface area contributed by atoms with Gasteiger partial charge in [-0.05, 0) is 25.3 Å². The SMILES string of the molecule is O=C1CCCN1[C@@H]1CN(c2ncccn2)[C@@H]2CCCO[C@H]12. The first-order chi connectivity index (χ1) is 10.3. The highest BCUT2D eigenvalue weighted by Crippen LogP contribution is 2.35. The third-order valence-electron chi connectivity index (χ3n) is 4.82. The number of carbonyl (C=O) groups is 1. The molecule has 0 radical (unpaired) electrons. The van der Waals surface area contributed by atoms with E-state index in [0.717, 1.165) is 44.9 Å². The van der Waals surface area contributed by atoms with Gasteiger partial charge in [-0.1, -0.05) is 0 Å². The van der Waals surface area contributed by atoms with Crippen molar-refractivity contribution in [1.29, 1.82) is 0 Å². The minimum Gasteiger partial charge on any atom is -0.374 e. The summed E-state index contributed by atoms with van der Waals surface area (Å²) in [6.45, 7) is 2.44. The molecular weight excluding hydrogens is 268 g/mol. The summed E-state index contributed by atoms with van der Waals surface area (Å²) in [7, 11) is 0. The molecule has 4 rings (SSSR count). The van der Waals surface area contributed by atoms with Crippen LogP contribution in [0.4, 0.5) is 5.95 Å². The van der Waals surface area contributed by atoms with Gasteiger partial charge >= 0.3 is 0 Å². The Hall–Kier alpha value is -1.69. The van der Waals surface area contributed by atoms with Gasteiger partial charge in [0.25, 0.3) is 0 Å². The van der Waals surface area contributed by atoms with E-state index < -0.39 is 0 Å².